The van der Waals surface area contributed by atoms with Crippen molar-refractivity contribution in [1.82, 2.24) is 9.71 Å². The molecule has 0 saturated heterocycles. The molecule has 0 aliphatic rings. The van der Waals surface area contributed by atoms with E-state index in [0.717, 1.165) is 32.2 Å². The number of pyridine rings is 1. The summed E-state index contributed by atoms with van der Waals surface area (Å²) in [5, 5.41) is -0.592. The number of aromatic nitrogens is 1. The number of hydrogen-bond donors (Lipinski definition) is 1. The number of hydrogen-bond acceptors (Lipinski definition) is 6. The zero-order valence-electron chi connectivity index (χ0n) is 16.0. The smallest absolute Gasteiger partial charge is 0.427 e. The third-order valence-electron chi connectivity index (χ3n) is 3.59. The van der Waals surface area contributed by atoms with E-state index in [2.05, 4.69) is 4.98 Å². The summed E-state index contributed by atoms with van der Waals surface area (Å²) < 4.78 is 87.0. The van der Waals surface area contributed by atoms with Crippen molar-refractivity contribution in [2.75, 3.05) is 6.26 Å². The van der Waals surface area contributed by atoms with Crippen LogP contribution in [0.2, 0.25) is 10.0 Å². The highest BCUT2D eigenvalue weighted by atomic mass is 35.5. The van der Waals surface area contributed by atoms with Crippen molar-refractivity contribution >= 4 is 39.1 Å². The molecule has 2 aromatic rings. The van der Waals surface area contributed by atoms with Crippen molar-refractivity contribution in [2.24, 2.45) is 0 Å². The van der Waals surface area contributed by atoms with E-state index >= 15 is 0 Å². The lowest BCUT2D eigenvalue weighted by molar-refractivity contribution is -0.235. The average molecular weight is 505 g/mol. The van der Waals surface area contributed by atoms with Gasteiger partial charge < -0.3 is 9.47 Å². The Morgan fingerprint density at radius 1 is 1.13 bits per heavy atom. The van der Waals surface area contributed by atoms with E-state index in [1.807, 2.05) is 0 Å². The Morgan fingerprint density at radius 2 is 1.74 bits per heavy atom. The Kier molecular flexibility index (Phi) is 6.98. The van der Waals surface area contributed by atoms with Crippen LogP contribution >= 0.6 is 23.2 Å². The van der Waals surface area contributed by atoms with Gasteiger partial charge in [-0.1, -0.05) is 23.2 Å². The van der Waals surface area contributed by atoms with Crippen LogP contribution < -0.4 is 14.2 Å². The highest BCUT2D eigenvalue weighted by Crippen LogP contribution is 2.38. The van der Waals surface area contributed by atoms with E-state index in [0.29, 0.717) is 12.3 Å². The van der Waals surface area contributed by atoms with Crippen molar-refractivity contribution in [2.45, 2.75) is 25.6 Å². The summed E-state index contributed by atoms with van der Waals surface area (Å²) in [5.41, 5.74) is -3.22. The number of rotatable bonds is 6. The molecule has 2 rings (SSSR count). The molecular formula is C17H14Cl2F4N2O5S. The molecule has 31 heavy (non-hydrogen) atoms. The van der Waals surface area contributed by atoms with Gasteiger partial charge in [-0.15, -0.1) is 0 Å². The summed E-state index contributed by atoms with van der Waals surface area (Å²) in [6.45, 7) is 1.58. The Hall–Kier alpha value is -2.31. The molecule has 0 aliphatic heterocycles. The van der Waals surface area contributed by atoms with Crippen LogP contribution in [0.25, 0.3) is 0 Å². The fourth-order valence-corrected chi connectivity index (χ4v) is 2.81. The minimum absolute atomic E-state index is 0.128. The van der Waals surface area contributed by atoms with Gasteiger partial charge in [-0.05, 0) is 19.9 Å². The number of benzene rings is 1. The summed E-state index contributed by atoms with van der Waals surface area (Å²) in [7, 11) is -3.94. The Balaban J connectivity index is 2.26. The van der Waals surface area contributed by atoms with E-state index in [4.69, 9.17) is 32.7 Å². The third-order valence-corrected chi connectivity index (χ3v) is 4.71. The Bertz CT molecular complexity index is 1120. The molecule has 1 heterocycles. The first-order valence-electron chi connectivity index (χ1n) is 8.10. The van der Waals surface area contributed by atoms with E-state index < -0.39 is 45.0 Å². The van der Waals surface area contributed by atoms with Gasteiger partial charge in [0.15, 0.2) is 5.60 Å². The number of nitrogens with one attached hydrogen (secondary N) is 1. The lowest BCUT2D eigenvalue weighted by Gasteiger charge is -2.28. The molecule has 0 atom stereocenters. The van der Waals surface area contributed by atoms with Gasteiger partial charge in [-0.25, -0.2) is 22.5 Å². The Morgan fingerprint density at radius 3 is 2.26 bits per heavy atom. The molecule has 1 aromatic carbocycles. The van der Waals surface area contributed by atoms with Crippen LogP contribution in [0.15, 0.2) is 24.4 Å². The quantitative estimate of drug-likeness (QED) is 0.571. The number of sulfonamides is 1. The van der Waals surface area contributed by atoms with Gasteiger partial charge in [0.25, 0.3) is 5.91 Å². The molecule has 0 spiro atoms. The van der Waals surface area contributed by atoms with Gasteiger partial charge in [0.1, 0.15) is 22.3 Å². The summed E-state index contributed by atoms with van der Waals surface area (Å²) in [5.74, 6) is -3.33. The maximum Gasteiger partial charge on any atom is 0.427 e. The van der Waals surface area contributed by atoms with Crippen LogP contribution in [0.4, 0.5) is 17.6 Å². The molecule has 1 aromatic heterocycles. The first kappa shape index (κ1) is 25.0. The minimum atomic E-state index is -4.69. The zero-order chi connectivity index (χ0) is 23.8. The molecule has 0 radical (unpaired) electrons. The monoisotopic (exact) mass is 504 g/mol. The van der Waals surface area contributed by atoms with Gasteiger partial charge in [-0.2, -0.15) is 13.2 Å². The summed E-state index contributed by atoms with van der Waals surface area (Å²) in [6.07, 6.45) is -3.02. The van der Waals surface area contributed by atoms with Gasteiger partial charge in [-0.3, -0.25) is 4.79 Å². The predicted octanol–water partition coefficient (Wildman–Crippen LogP) is 4.73. The SMILES string of the molecule is CC(C)(Oc1ncc(Oc2cc(F)c(C(=O)NS(C)(=O)=O)cc2Cl)cc1Cl)C(F)(F)F. The second kappa shape index (κ2) is 8.67. The molecule has 0 bridgehead atoms. The predicted molar refractivity (Wildman–Crippen MR) is 104 cm³/mol. The molecule has 1 amide bonds. The Labute approximate surface area is 184 Å². The van der Waals surface area contributed by atoms with Crippen LogP contribution in [-0.2, 0) is 10.0 Å². The van der Waals surface area contributed by atoms with Crippen LogP contribution in [0.1, 0.15) is 24.2 Å². The van der Waals surface area contributed by atoms with Crippen molar-refractivity contribution in [1.29, 1.82) is 0 Å². The highest BCUT2D eigenvalue weighted by molar-refractivity contribution is 7.89. The van der Waals surface area contributed by atoms with Crippen molar-refractivity contribution in [3.8, 4) is 17.4 Å². The molecule has 0 aliphatic carbocycles. The molecule has 14 heteroatoms. The normalized spacial score (nSPS) is 12.4. The van der Waals surface area contributed by atoms with Gasteiger partial charge >= 0.3 is 6.18 Å². The molecule has 1 N–H and O–H groups in total. The van der Waals surface area contributed by atoms with E-state index in [1.54, 1.807) is 4.72 Å². The minimum Gasteiger partial charge on any atom is -0.461 e. The van der Waals surface area contributed by atoms with E-state index in [9.17, 15) is 30.8 Å². The maximum absolute atomic E-state index is 14.2. The molecule has 0 unspecified atom stereocenters. The van der Waals surface area contributed by atoms with Crippen molar-refractivity contribution in [3.63, 3.8) is 0 Å². The largest absolute Gasteiger partial charge is 0.461 e. The molecule has 7 nitrogen and oxygen atoms in total. The fourth-order valence-electron chi connectivity index (χ4n) is 1.97. The number of carbonyl (C=O) groups is 1. The van der Waals surface area contributed by atoms with Crippen LogP contribution in [0.5, 0.6) is 17.4 Å². The topological polar surface area (TPSA) is 94.6 Å². The molecular weight excluding hydrogens is 491 g/mol. The first-order valence-corrected chi connectivity index (χ1v) is 10.8. The van der Waals surface area contributed by atoms with Gasteiger partial charge in [0, 0.05) is 12.1 Å². The third kappa shape index (κ3) is 6.34. The van der Waals surface area contributed by atoms with Crippen LogP contribution in [0, 0.1) is 5.82 Å². The lowest BCUT2D eigenvalue weighted by atomic mass is 10.1. The molecule has 0 fully saturated rings. The van der Waals surface area contributed by atoms with Crippen molar-refractivity contribution < 1.29 is 40.2 Å². The number of halogens is 6. The zero-order valence-corrected chi connectivity index (χ0v) is 18.3. The van der Waals surface area contributed by atoms with Crippen molar-refractivity contribution in [3.05, 3.63) is 45.8 Å². The van der Waals surface area contributed by atoms with Gasteiger partial charge in [0.2, 0.25) is 15.9 Å². The number of carbonyl (C=O) groups excluding carboxylic acids is 1. The fraction of sp³-hybridized carbons (Fsp3) is 0.294. The summed E-state index contributed by atoms with van der Waals surface area (Å²) in [4.78, 5) is 15.5. The number of amides is 1. The van der Waals surface area contributed by atoms with Crippen LogP contribution in [-0.4, -0.2) is 37.3 Å². The maximum atomic E-state index is 14.2. The second-order valence-corrected chi connectivity index (χ2v) is 9.20. The van der Waals surface area contributed by atoms with Crippen LogP contribution in [0.3, 0.4) is 0 Å². The highest BCUT2D eigenvalue weighted by Gasteiger charge is 2.50. The van der Waals surface area contributed by atoms with Gasteiger partial charge in [0.05, 0.1) is 23.0 Å². The number of alkyl halides is 3. The summed E-state index contributed by atoms with van der Waals surface area (Å²) in [6, 6.07) is 2.62. The van der Waals surface area contributed by atoms with E-state index in [1.165, 1.54) is 0 Å². The van der Waals surface area contributed by atoms with E-state index in [-0.39, 0.29) is 21.5 Å². The number of nitrogens with zero attached hydrogens (tertiary/aromatic N) is 1. The summed E-state index contributed by atoms with van der Waals surface area (Å²) >= 11 is 11.9. The number of ether oxygens (including phenoxy) is 2. The second-order valence-electron chi connectivity index (χ2n) is 6.64. The molecule has 0 saturated carbocycles. The average Bonchev–Trinajstić information content (AvgIpc) is 2.57. The first-order chi connectivity index (χ1) is 14.0. The molecule has 170 valence electrons. The lowest BCUT2D eigenvalue weighted by Crippen LogP contribution is -2.44. The standard InChI is InChI=1S/C17H14Cl2F4N2O5S/c1-16(2,17(21,22)23)30-15-11(19)4-8(7-24-15)29-13-6-12(20)9(5-10(13)18)14(26)25-31(3,27)28/h4-7H,1-3H3,(H,25,26).